The number of aromatic nitrogens is 1. The zero-order valence-electron chi connectivity index (χ0n) is 8.40. The van der Waals surface area contributed by atoms with Gasteiger partial charge in [0.25, 0.3) is 0 Å². The summed E-state index contributed by atoms with van der Waals surface area (Å²) in [5, 5.41) is 3.24. The number of pyridine rings is 1. The fourth-order valence-corrected chi connectivity index (χ4v) is 1.23. The molecule has 0 saturated heterocycles. The number of hydrogen-bond donors (Lipinski definition) is 1. The molecule has 0 fully saturated rings. The molecule has 0 bridgehead atoms. The molecule has 0 saturated carbocycles. The molecule has 1 N–H and O–H groups in total. The minimum Gasteiger partial charge on any atom is -0.485 e. The quantitative estimate of drug-likeness (QED) is 0.645. The van der Waals surface area contributed by atoms with E-state index in [1.165, 1.54) is 0 Å². The minimum atomic E-state index is 0. The maximum Gasteiger partial charge on any atom is 1.00 e. The fraction of sp³-hybridized carbons (Fsp3) is 0.300. The SMILES string of the molecule is [C-]1=CCN(CNc2ccccn2)C1.[Rb+]. The predicted octanol–water partition coefficient (Wildman–Crippen LogP) is -1.87. The molecular weight excluding hydrogens is 248 g/mol. The summed E-state index contributed by atoms with van der Waals surface area (Å²) in [6.07, 6.45) is 6.99. The van der Waals surface area contributed by atoms with Gasteiger partial charge in [-0.05, 0) is 18.7 Å². The van der Waals surface area contributed by atoms with E-state index < -0.39 is 0 Å². The van der Waals surface area contributed by atoms with Gasteiger partial charge in [-0.25, -0.2) is 4.98 Å². The van der Waals surface area contributed by atoms with E-state index in [0.717, 1.165) is 25.6 Å². The molecule has 0 spiro atoms. The van der Waals surface area contributed by atoms with Gasteiger partial charge in [-0.2, -0.15) is 0 Å². The first-order chi connectivity index (χ1) is 6.45. The Bertz CT molecular complexity index is 279. The van der Waals surface area contributed by atoms with Crippen LogP contribution >= 0.6 is 0 Å². The number of nitrogens with one attached hydrogen (secondary N) is 1. The molecule has 4 heteroatoms. The minimum absolute atomic E-state index is 0. The van der Waals surface area contributed by atoms with E-state index in [4.69, 9.17) is 0 Å². The standard InChI is InChI=1S/C10H12N3.Rb/c1-2-6-11-10(5-1)12-9-13-7-3-4-8-13;/h1-3,5-6H,7-9H2,(H,11,12);/q-1;+1. The van der Waals surface area contributed by atoms with Crippen molar-refractivity contribution in [1.29, 1.82) is 0 Å². The second-order valence-corrected chi connectivity index (χ2v) is 2.97. The monoisotopic (exact) mass is 259 g/mol. The Hall–Kier alpha value is 0.455. The third kappa shape index (κ3) is 3.91. The largest absolute Gasteiger partial charge is 1.00 e. The maximum absolute atomic E-state index is 4.17. The smallest absolute Gasteiger partial charge is 0.485 e. The van der Waals surface area contributed by atoms with Crippen molar-refractivity contribution in [2.24, 2.45) is 0 Å². The molecule has 1 aromatic rings. The summed E-state index contributed by atoms with van der Waals surface area (Å²) in [6, 6.07) is 5.85. The molecule has 0 aromatic carbocycles. The van der Waals surface area contributed by atoms with Crippen LogP contribution in [0.15, 0.2) is 30.5 Å². The topological polar surface area (TPSA) is 28.2 Å². The van der Waals surface area contributed by atoms with Crippen LogP contribution in [0.2, 0.25) is 0 Å². The van der Waals surface area contributed by atoms with Gasteiger partial charge in [-0.1, -0.05) is 6.07 Å². The van der Waals surface area contributed by atoms with Crippen LogP contribution in [0.5, 0.6) is 0 Å². The van der Waals surface area contributed by atoms with E-state index in [-0.39, 0.29) is 58.2 Å². The Kier molecular flexibility index (Phi) is 6.13. The molecule has 0 aliphatic carbocycles. The molecular formula is C10H12N3Rb. The van der Waals surface area contributed by atoms with Gasteiger partial charge in [0.15, 0.2) is 0 Å². The van der Waals surface area contributed by atoms with E-state index in [0.29, 0.717) is 0 Å². The Morgan fingerprint density at radius 1 is 1.50 bits per heavy atom. The van der Waals surface area contributed by atoms with E-state index in [1.54, 1.807) is 6.20 Å². The van der Waals surface area contributed by atoms with Gasteiger partial charge in [-0.3, -0.25) is 6.08 Å². The summed E-state index contributed by atoms with van der Waals surface area (Å²) >= 11 is 0. The molecule has 0 radical (unpaired) electrons. The summed E-state index contributed by atoms with van der Waals surface area (Å²) in [6.45, 7) is 2.74. The average Bonchev–Trinajstić information content (AvgIpc) is 2.69. The first kappa shape index (κ1) is 12.5. The van der Waals surface area contributed by atoms with Gasteiger partial charge < -0.3 is 16.3 Å². The predicted molar refractivity (Wildman–Crippen MR) is 52.1 cm³/mol. The van der Waals surface area contributed by atoms with Crippen LogP contribution in [0, 0.1) is 6.08 Å². The Labute approximate surface area is 133 Å². The van der Waals surface area contributed by atoms with Crippen LogP contribution in [-0.4, -0.2) is 29.6 Å². The number of rotatable bonds is 3. The van der Waals surface area contributed by atoms with Crippen LogP contribution in [0.4, 0.5) is 5.82 Å². The van der Waals surface area contributed by atoms with Gasteiger partial charge in [0.05, 0.1) is 6.67 Å². The van der Waals surface area contributed by atoms with Crippen molar-refractivity contribution in [2.45, 2.75) is 0 Å². The number of anilines is 1. The third-order valence-corrected chi connectivity index (χ3v) is 1.96. The summed E-state index contributed by atoms with van der Waals surface area (Å²) < 4.78 is 0. The average molecular weight is 260 g/mol. The summed E-state index contributed by atoms with van der Waals surface area (Å²) in [5.74, 6) is 0.925. The molecule has 1 aliphatic heterocycles. The van der Waals surface area contributed by atoms with Crippen molar-refractivity contribution < 1.29 is 58.2 Å². The third-order valence-electron chi connectivity index (χ3n) is 1.96. The van der Waals surface area contributed by atoms with E-state index in [9.17, 15) is 0 Å². The van der Waals surface area contributed by atoms with Gasteiger partial charge in [0.2, 0.25) is 0 Å². The van der Waals surface area contributed by atoms with Crippen molar-refractivity contribution >= 4 is 5.82 Å². The summed E-state index contributed by atoms with van der Waals surface area (Å²) in [5.41, 5.74) is 0. The molecule has 1 aliphatic rings. The van der Waals surface area contributed by atoms with Crippen molar-refractivity contribution in [2.75, 3.05) is 25.1 Å². The zero-order chi connectivity index (χ0) is 8.93. The second-order valence-electron chi connectivity index (χ2n) is 2.97. The molecule has 0 atom stereocenters. The van der Waals surface area contributed by atoms with Crippen LogP contribution in [-0.2, 0) is 0 Å². The Balaban J connectivity index is 0.000000980. The zero-order valence-corrected chi connectivity index (χ0v) is 13.3. The number of hydrogen-bond acceptors (Lipinski definition) is 3. The first-order valence-corrected chi connectivity index (χ1v) is 4.37. The van der Waals surface area contributed by atoms with E-state index in [1.807, 2.05) is 18.2 Å². The van der Waals surface area contributed by atoms with E-state index >= 15 is 0 Å². The van der Waals surface area contributed by atoms with Crippen molar-refractivity contribution in [3.63, 3.8) is 0 Å². The normalized spacial score (nSPS) is 15.1. The molecule has 0 amide bonds. The van der Waals surface area contributed by atoms with Crippen LogP contribution in [0.1, 0.15) is 0 Å². The maximum atomic E-state index is 4.17. The molecule has 68 valence electrons. The van der Waals surface area contributed by atoms with Crippen molar-refractivity contribution in [3.05, 3.63) is 36.5 Å². The molecule has 0 unspecified atom stereocenters. The molecule has 14 heavy (non-hydrogen) atoms. The van der Waals surface area contributed by atoms with Crippen LogP contribution < -0.4 is 63.5 Å². The van der Waals surface area contributed by atoms with Crippen molar-refractivity contribution in [1.82, 2.24) is 9.88 Å². The van der Waals surface area contributed by atoms with E-state index in [2.05, 4.69) is 27.4 Å². The molecule has 1 aromatic heterocycles. The number of nitrogens with zero attached hydrogens (tertiary/aromatic N) is 2. The molecule has 2 rings (SSSR count). The van der Waals surface area contributed by atoms with Gasteiger partial charge >= 0.3 is 58.2 Å². The summed E-state index contributed by atoms with van der Waals surface area (Å²) in [4.78, 5) is 6.42. The van der Waals surface area contributed by atoms with Crippen LogP contribution in [0.25, 0.3) is 0 Å². The Morgan fingerprint density at radius 3 is 3.07 bits per heavy atom. The van der Waals surface area contributed by atoms with Gasteiger partial charge in [-0.15, -0.1) is 6.54 Å². The molecule has 3 nitrogen and oxygen atoms in total. The Morgan fingerprint density at radius 2 is 2.43 bits per heavy atom. The summed E-state index contributed by atoms with van der Waals surface area (Å²) in [7, 11) is 0. The van der Waals surface area contributed by atoms with Gasteiger partial charge in [0, 0.05) is 6.20 Å². The fourth-order valence-electron chi connectivity index (χ4n) is 1.23. The van der Waals surface area contributed by atoms with Crippen LogP contribution in [0.3, 0.4) is 0 Å². The molecule has 2 heterocycles. The second kappa shape index (κ2) is 6.85. The van der Waals surface area contributed by atoms with Crippen molar-refractivity contribution in [3.8, 4) is 0 Å². The van der Waals surface area contributed by atoms with Gasteiger partial charge in [0.1, 0.15) is 5.82 Å². The first-order valence-electron chi connectivity index (χ1n) is 4.37.